The van der Waals surface area contributed by atoms with Gasteiger partial charge < -0.3 is 19.9 Å². The van der Waals surface area contributed by atoms with Crippen LogP contribution in [0.25, 0.3) is 0 Å². The van der Waals surface area contributed by atoms with Gasteiger partial charge in [-0.2, -0.15) is 4.98 Å². The summed E-state index contributed by atoms with van der Waals surface area (Å²) < 4.78 is 11.2. The molecule has 0 bridgehead atoms. The van der Waals surface area contributed by atoms with Crippen molar-refractivity contribution in [2.45, 2.75) is 82.4 Å². The molecule has 2 saturated carbocycles. The lowest BCUT2D eigenvalue weighted by Gasteiger charge is -2.26. The fourth-order valence-corrected chi connectivity index (χ4v) is 3.65. The van der Waals surface area contributed by atoms with Gasteiger partial charge in [-0.25, -0.2) is 4.99 Å². The molecule has 7 nitrogen and oxygen atoms in total. The van der Waals surface area contributed by atoms with Gasteiger partial charge in [0.1, 0.15) is 6.54 Å². The van der Waals surface area contributed by atoms with E-state index in [1.807, 2.05) is 0 Å². The van der Waals surface area contributed by atoms with Gasteiger partial charge in [0.05, 0.1) is 5.60 Å². The highest BCUT2D eigenvalue weighted by Crippen LogP contribution is 2.38. The predicted octanol–water partition coefficient (Wildman–Crippen LogP) is 2.49. The second-order valence-electron chi connectivity index (χ2n) is 7.87. The fourth-order valence-electron chi connectivity index (χ4n) is 3.65. The Hall–Kier alpha value is -1.63. The molecular formula is C18H29N5O2. The van der Waals surface area contributed by atoms with Crippen molar-refractivity contribution in [2.24, 2.45) is 4.99 Å². The van der Waals surface area contributed by atoms with E-state index in [0.717, 1.165) is 37.8 Å². The molecule has 2 heterocycles. The zero-order valence-corrected chi connectivity index (χ0v) is 15.1. The van der Waals surface area contributed by atoms with Crippen LogP contribution in [0.3, 0.4) is 0 Å². The Morgan fingerprint density at radius 2 is 2.08 bits per heavy atom. The summed E-state index contributed by atoms with van der Waals surface area (Å²) in [4.78, 5) is 9.15. The Balaban J connectivity index is 1.37. The fraction of sp³-hybridized carbons (Fsp3) is 0.833. The van der Waals surface area contributed by atoms with E-state index in [-0.39, 0.29) is 5.60 Å². The van der Waals surface area contributed by atoms with Gasteiger partial charge in [0.2, 0.25) is 5.89 Å². The summed E-state index contributed by atoms with van der Waals surface area (Å²) in [6, 6.07) is 0.508. The largest absolute Gasteiger partial charge is 0.373 e. The summed E-state index contributed by atoms with van der Waals surface area (Å²) in [6.45, 7) is 4.20. The number of guanidine groups is 1. The minimum atomic E-state index is -0.0955. The summed E-state index contributed by atoms with van der Waals surface area (Å²) >= 11 is 0. The van der Waals surface area contributed by atoms with E-state index in [9.17, 15) is 0 Å². The van der Waals surface area contributed by atoms with Crippen molar-refractivity contribution in [3.05, 3.63) is 11.7 Å². The van der Waals surface area contributed by atoms with Crippen molar-refractivity contribution >= 4 is 5.96 Å². The van der Waals surface area contributed by atoms with Crippen molar-refractivity contribution in [1.82, 2.24) is 20.8 Å². The molecule has 2 aliphatic carbocycles. The zero-order chi connectivity index (χ0) is 17.1. The summed E-state index contributed by atoms with van der Waals surface area (Å²) in [7, 11) is 0. The smallest absolute Gasteiger partial charge is 0.248 e. The van der Waals surface area contributed by atoms with Crippen LogP contribution in [0.5, 0.6) is 0 Å². The standard InChI is InChI=1S/C18H29N5O2/c1-18(9-4-10-24-18)12-20-17(21-14-5-2-3-6-14)19-11-15-22-16(23-25-15)13-7-8-13/h13-14H,2-12H2,1H3,(H2,19,20,21)/t18-/m1/s1. The third-order valence-corrected chi connectivity index (χ3v) is 5.42. The Morgan fingerprint density at radius 3 is 2.80 bits per heavy atom. The molecule has 1 aromatic rings. The van der Waals surface area contributed by atoms with E-state index in [1.54, 1.807) is 0 Å². The molecule has 0 amide bonds. The number of nitrogens with zero attached hydrogens (tertiary/aromatic N) is 3. The highest BCUT2D eigenvalue weighted by molar-refractivity contribution is 5.80. The summed E-state index contributed by atoms with van der Waals surface area (Å²) in [5, 5.41) is 11.1. The molecule has 138 valence electrons. The lowest BCUT2D eigenvalue weighted by atomic mass is 10.0. The van der Waals surface area contributed by atoms with Gasteiger partial charge in [0, 0.05) is 25.1 Å². The van der Waals surface area contributed by atoms with Crippen LogP contribution in [0.1, 0.15) is 75.9 Å². The third kappa shape index (κ3) is 4.51. The van der Waals surface area contributed by atoms with Crippen molar-refractivity contribution in [3.8, 4) is 0 Å². The Morgan fingerprint density at radius 1 is 1.24 bits per heavy atom. The molecule has 1 aliphatic heterocycles. The average Bonchev–Trinajstić information content (AvgIpc) is 3.02. The van der Waals surface area contributed by atoms with Gasteiger partial charge in [-0.15, -0.1) is 0 Å². The topological polar surface area (TPSA) is 84.6 Å². The molecule has 2 N–H and O–H groups in total. The minimum absolute atomic E-state index is 0.0955. The van der Waals surface area contributed by atoms with Crippen LogP contribution in [0.15, 0.2) is 9.52 Å². The van der Waals surface area contributed by atoms with Crippen LogP contribution < -0.4 is 10.6 Å². The van der Waals surface area contributed by atoms with E-state index >= 15 is 0 Å². The van der Waals surface area contributed by atoms with E-state index in [2.05, 4.69) is 32.7 Å². The average molecular weight is 347 g/mol. The zero-order valence-electron chi connectivity index (χ0n) is 15.1. The molecule has 0 radical (unpaired) electrons. The second kappa shape index (κ2) is 7.32. The summed E-state index contributed by atoms with van der Waals surface area (Å²) in [5.41, 5.74) is -0.0955. The van der Waals surface area contributed by atoms with Crippen molar-refractivity contribution < 1.29 is 9.26 Å². The van der Waals surface area contributed by atoms with Crippen molar-refractivity contribution in [1.29, 1.82) is 0 Å². The number of ether oxygens (including phenoxy) is 1. The van der Waals surface area contributed by atoms with Crippen LogP contribution in [-0.4, -0.2) is 40.9 Å². The molecule has 1 saturated heterocycles. The monoisotopic (exact) mass is 347 g/mol. The molecule has 4 rings (SSSR count). The van der Waals surface area contributed by atoms with Gasteiger partial charge in [-0.3, -0.25) is 0 Å². The van der Waals surface area contributed by atoms with Crippen molar-refractivity contribution in [3.63, 3.8) is 0 Å². The maximum absolute atomic E-state index is 5.87. The molecule has 1 atom stereocenters. The maximum atomic E-state index is 5.87. The molecule has 3 fully saturated rings. The summed E-state index contributed by atoms with van der Waals surface area (Å²) in [5.74, 6) is 2.78. The predicted molar refractivity (Wildman–Crippen MR) is 94.4 cm³/mol. The SMILES string of the molecule is C[C@]1(CNC(=NCc2nc(C3CC3)no2)NC2CCCC2)CCCO1. The lowest BCUT2D eigenvalue weighted by Crippen LogP contribution is -2.48. The highest BCUT2D eigenvalue weighted by atomic mass is 16.5. The van der Waals surface area contributed by atoms with Crippen molar-refractivity contribution in [2.75, 3.05) is 13.2 Å². The van der Waals surface area contributed by atoms with Gasteiger partial charge in [0.15, 0.2) is 11.8 Å². The molecule has 7 heteroatoms. The molecule has 0 unspecified atom stereocenters. The molecule has 1 aromatic heterocycles. The lowest BCUT2D eigenvalue weighted by molar-refractivity contribution is 0.0242. The molecule has 0 aromatic carbocycles. The third-order valence-electron chi connectivity index (χ3n) is 5.42. The van der Waals surface area contributed by atoms with Gasteiger partial charge in [-0.1, -0.05) is 18.0 Å². The highest BCUT2D eigenvalue weighted by Gasteiger charge is 2.30. The van der Waals surface area contributed by atoms with E-state index in [4.69, 9.17) is 9.26 Å². The first-order valence-electron chi connectivity index (χ1n) is 9.71. The molecule has 25 heavy (non-hydrogen) atoms. The van der Waals surface area contributed by atoms with E-state index in [0.29, 0.717) is 24.4 Å². The number of aliphatic imine (C=N–C) groups is 1. The van der Waals surface area contributed by atoms with Gasteiger partial charge >= 0.3 is 0 Å². The maximum Gasteiger partial charge on any atom is 0.248 e. The van der Waals surface area contributed by atoms with E-state index in [1.165, 1.54) is 38.5 Å². The Bertz CT molecular complexity index is 598. The second-order valence-corrected chi connectivity index (χ2v) is 7.87. The number of hydrogen-bond acceptors (Lipinski definition) is 5. The van der Waals surface area contributed by atoms with E-state index < -0.39 is 0 Å². The Kier molecular flexibility index (Phi) is 4.92. The molecule has 0 spiro atoms. The number of aromatic nitrogens is 2. The van der Waals surface area contributed by atoms with Crippen LogP contribution >= 0.6 is 0 Å². The van der Waals surface area contributed by atoms with Gasteiger partial charge in [-0.05, 0) is 45.4 Å². The van der Waals surface area contributed by atoms with Crippen LogP contribution in [0, 0.1) is 0 Å². The quantitative estimate of drug-likeness (QED) is 0.607. The minimum Gasteiger partial charge on any atom is -0.373 e. The number of nitrogens with one attached hydrogen (secondary N) is 2. The molecular weight excluding hydrogens is 318 g/mol. The first-order chi connectivity index (χ1) is 12.2. The Labute approximate surface area is 149 Å². The summed E-state index contributed by atoms with van der Waals surface area (Å²) in [6.07, 6.45) is 9.58. The number of hydrogen-bond donors (Lipinski definition) is 2. The molecule has 3 aliphatic rings. The first kappa shape index (κ1) is 16.8. The van der Waals surface area contributed by atoms with Gasteiger partial charge in [0.25, 0.3) is 0 Å². The van der Waals surface area contributed by atoms with Crippen LogP contribution in [0.2, 0.25) is 0 Å². The number of rotatable bonds is 6. The normalized spacial score (nSPS) is 27.8. The van der Waals surface area contributed by atoms with Crippen LogP contribution in [-0.2, 0) is 11.3 Å². The van der Waals surface area contributed by atoms with Crippen LogP contribution in [0.4, 0.5) is 0 Å². The first-order valence-corrected chi connectivity index (χ1v) is 9.71.